The van der Waals surface area contributed by atoms with Crippen LogP contribution in [0.5, 0.6) is 5.75 Å². The van der Waals surface area contributed by atoms with Gasteiger partial charge in [-0.3, -0.25) is 0 Å². The van der Waals surface area contributed by atoms with Gasteiger partial charge in [0.2, 0.25) is 0 Å². The highest BCUT2D eigenvalue weighted by atomic mass is 16.5. The molecule has 3 aromatic rings. The van der Waals surface area contributed by atoms with Crippen molar-refractivity contribution in [1.29, 1.82) is 0 Å². The summed E-state index contributed by atoms with van der Waals surface area (Å²) in [6.07, 6.45) is 3.56. The van der Waals surface area contributed by atoms with Crippen molar-refractivity contribution in [3.8, 4) is 5.75 Å². The number of aliphatic hydroxyl groups is 1. The fourth-order valence-electron chi connectivity index (χ4n) is 3.66. The van der Waals surface area contributed by atoms with Crippen molar-refractivity contribution in [1.82, 2.24) is 0 Å². The average Bonchev–Trinajstić information content (AvgIpc) is 3.09. The Morgan fingerprint density at radius 3 is 2.48 bits per heavy atom. The minimum atomic E-state index is -0.790. The third kappa shape index (κ3) is 3.03. The maximum absolute atomic E-state index is 12.7. The van der Waals surface area contributed by atoms with E-state index in [2.05, 4.69) is 0 Å². The van der Waals surface area contributed by atoms with Crippen LogP contribution in [0.4, 0.5) is 0 Å². The molecule has 0 unspecified atom stereocenters. The molecule has 0 radical (unpaired) electrons. The summed E-state index contributed by atoms with van der Waals surface area (Å²) in [5, 5.41) is 12.6. The highest BCUT2D eigenvalue weighted by molar-refractivity contribution is 6.05. The minimum absolute atomic E-state index is 0.382. The fourth-order valence-corrected chi connectivity index (χ4v) is 3.66. The fraction of sp³-hybridized carbons (Fsp3) is 0.227. The van der Waals surface area contributed by atoms with Crippen LogP contribution in [0, 0.1) is 0 Å². The molecule has 25 heavy (non-hydrogen) atoms. The van der Waals surface area contributed by atoms with Gasteiger partial charge in [-0.15, -0.1) is 0 Å². The number of ether oxygens (including phenoxy) is 1. The molecule has 0 atom stereocenters. The first-order chi connectivity index (χ1) is 12.2. The zero-order chi connectivity index (χ0) is 17.3. The molecule has 0 spiro atoms. The number of hydrogen-bond donors (Lipinski definition) is 1. The van der Waals surface area contributed by atoms with Crippen LogP contribution in [0.25, 0.3) is 10.8 Å². The molecule has 1 aliphatic rings. The van der Waals surface area contributed by atoms with Crippen LogP contribution in [0.1, 0.15) is 41.6 Å². The van der Waals surface area contributed by atoms with Crippen LogP contribution in [-0.4, -0.2) is 11.1 Å². The Hall–Kier alpha value is -2.65. The van der Waals surface area contributed by atoms with Crippen molar-refractivity contribution >= 4 is 16.7 Å². The van der Waals surface area contributed by atoms with Gasteiger partial charge in [0.1, 0.15) is 5.75 Å². The number of benzene rings is 3. The van der Waals surface area contributed by atoms with Crippen LogP contribution in [0.3, 0.4) is 0 Å². The molecule has 1 saturated carbocycles. The van der Waals surface area contributed by atoms with Gasteiger partial charge in [-0.2, -0.15) is 0 Å². The molecule has 1 fully saturated rings. The Morgan fingerprint density at radius 2 is 1.64 bits per heavy atom. The average molecular weight is 332 g/mol. The van der Waals surface area contributed by atoms with E-state index in [1.54, 1.807) is 18.2 Å². The predicted octanol–water partition coefficient (Wildman–Crippen LogP) is 4.82. The molecule has 0 heterocycles. The van der Waals surface area contributed by atoms with Crippen LogP contribution >= 0.6 is 0 Å². The quantitative estimate of drug-likeness (QED) is 0.552. The molecule has 126 valence electrons. The summed E-state index contributed by atoms with van der Waals surface area (Å²) in [4.78, 5) is 12.7. The summed E-state index contributed by atoms with van der Waals surface area (Å²) < 4.78 is 5.60. The number of hydrogen-bond acceptors (Lipinski definition) is 3. The molecule has 3 aromatic carbocycles. The van der Waals surface area contributed by atoms with E-state index in [1.165, 1.54) is 0 Å². The van der Waals surface area contributed by atoms with Crippen molar-refractivity contribution < 1.29 is 14.6 Å². The van der Waals surface area contributed by atoms with Gasteiger partial charge in [-0.25, -0.2) is 4.79 Å². The SMILES string of the molecule is O=C(Oc1cccc(C2(O)CCCC2)c1)c1cccc2ccccc12. The van der Waals surface area contributed by atoms with Crippen molar-refractivity contribution in [2.45, 2.75) is 31.3 Å². The third-order valence-electron chi connectivity index (χ3n) is 5.02. The van der Waals surface area contributed by atoms with Gasteiger partial charge >= 0.3 is 5.97 Å². The van der Waals surface area contributed by atoms with Crippen molar-refractivity contribution in [2.75, 3.05) is 0 Å². The molecule has 3 nitrogen and oxygen atoms in total. The van der Waals surface area contributed by atoms with Crippen molar-refractivity contribution in [3.05, 3.63) is 77.9 Å². The number of fused-ring (bicyclic) bond motifs is 1. The Labute approximate surface area is 146 Å². The van der Waals surface area contributed by atoms with E-state index in [9.17, 15) is 9.90 Å². The zero-order valence-electron chi connectivity index (χ0n) is 13.9. The Kier molecular flexibility index (Phi) is 4.02. The standard InChI is InChI=1S/C22H20O3/c23-21(20-12-5-8-16-7-1-2-11-19(16)20)25-18-10-6-9-17(15-18)22(24)13-3-4-14-22/h1-2,5-12,15,24H,3-4,13-14H2. The molecule has 1 N–H and O–H groups in total. The largest absolute Gasteiger partial charge is 0.423 e. The first-order valence-electron chi connectivity index (χ1n) is 8.69. The van der Waals surface area contributed by atoms with Crippen LogP contribution in [0.2, 0.25) is 0 Å². The van der Waals surface area contributed by atoms with E-state index in [0.29, 0.717) is 11.3 Å². The summed E-state index contributed by atoms with van der Waals surface area (Å²) in [5.74, 6) is 0.0862. The van der Waals surface area contributed by atoms with E-state index in [0.717, 1.165) is 42.0 Å². The van der Waals surface area contributed by atoms with Gasteiger partial charge in [0.15, 0.2) is 0 Å². The molecular weight excluding hydrogens is 312 g/mol. The monoisotopic (exact) mass is 332 g/mol. The van der Waals surface area contributed by atoms with E-state index in [1.807, 2.05) is 48.5 Å². The van der Waals surface area contributed by atoms with Crippen molar-refractivity contribution in [3.63, 3.8) is 0 Å². The van der Waals surface area contributed by atoms with Crippen LogP contribution in [-0.2, 0) is 5.60 Å². The molecule has 4 rings (SSSR count). The Balaban J connectivity index is 1.63. The van der Waals surface area contributed by atoms with Gasteiger partial charge in [0.05, 0.1) is 11.2 Å². The summed E-state index contributed by atoms with van der Waals surface area (Å²) in [7, 11) is 0. The second kappa shape index (κ2) is 6.34. The second-order valence-electron chi connectivity index (χ2n) is 6.68. The number of esters is 1. The molecule has 0 saturated heterocycles. The molecule has 0 bridgehead atoms. The Bertz CT molecular complexity index is 918. The number of carbonyl (C=O) groups excluding carboxylic acids is 1. The molecular formula is C22H20O3. The highest BCUT2D eigenvalue weighted by Crippen LogP contribution is 2.39. The van der Waals surface area contributed by atoms with Crippen LogP contribution < -0.4 is 4.74 Å². The maximum atomic E-state index is 12.7. The molecule has 0 amide bonds. The first kappa shape index (κ1) is 15.9. The van der Waals surface area contributed by atoms with Gasteiger partial charge < -0.3 is 9.84 Å². The highest BCUT2D eigenvalue weighted by Gasteiger charge is 2.33. The molecule has 1 aliphatic carbocycles. The predicted molar refractivity (Wildman–Crippen MR) is 97.7 cm³/mol. The van der Waals surface area contributed by atoms with Gasteiger partial charge in [-0.05, 0) is 47.4 Å². The number of carbonyl (C=O) groups is 1. The second-order valence-corrected chi connectivity index (χ2v) is 6.68. The smallest absolute Gasteiger partial charge is 0.344 e. The van der Waals surface area contributed by atoms with Gasteiger partial charge in [-0.1, -0.05) is 61.4 Å². The summed E-state index contributed by atoms with van der Waals surface area (Å²) >= 11 is 0. The first-order valence-corrected chi connectivity index (χ1v) is 8.69. The molecule has 3 heteroatoms. The summed E-state index contributed by atoms with van der Waals surface area (Å²) in [5.41, 5.74) is 0.582. The maximum Gasteiger partial charge on any atom is 0.344 e. The third-order valence-corrected chi connectivity index (χ3v) is 5.02. The van der Waals surface area contributed by atoms with E-state index in [4.69, 9.17) is 4.74 Å². The van der Waals surface area contributed by atoms with Crippen molar-refractivity contribution in [2.24, 2.45) is 0 Å². The topological polar surface area (TPSA) is 46.5 Å². The van der Waals surface area contributed by atoms with E-state index >= 15 is 0 Å². The lowest BCUT2D eigenvalue weighted by atomic mass is 9.92. The summed E-state index contributed by atoms with van der Waals surface area (Å²) in [6.45, 7) is 0. The van der Waals surface area contributed by atoms with Crippen LogP contribution in [0.15, 0.2) is 66.7 Å². The van der Waals surface area contributed by atoms with Gasteiger partial charge in [0.25, 0.3) is 0 Å². The van der Waals surface area contributed by atoms with Gasteiger partial charge in [0, 0.05) is 0 Å². The number of rotatable bonds is 3. The zero-order valence-corrected chi connectivity index (χ0v) is 13.9. The lowest BCUT2D eigenvalue weighted by Crippen LogP contribution is -2.21. The van der Waals surface area contributed by atoms with E-state index < -0.39 is 5.60 Å². The van der Waals surface area contributed by atoms with E-state index in [-0.39, 0.29) is 5.97 Å². The Morgan fingerprint density at radius 1 is 0.920 bits per heavy atom. The normalized spacial score (nSPS) is 16.0. The summed E-state index contributed by atoms with van der Waals surface area (Å²) in [6, 6.07) is 20.6. The minimum Gasteiger partial charge on any atom is -0.423 e. The molecule has 0 aliphatic heterocycles. The lowest BCUT2D eigenvalue weighted by molar-refractivity contribution is 0.0440. The molecule has 0 aromatic heterocycles. The lowest BCUT2D eigenvalue weighted by Gasteiger charge is -2.23.